The predicted molar refractivity (Wildman–Crippen MR) is 99.4 cm³/mol. The first-order valence-electron chi connectivity index (χ1n) is 7.83. The first-order chi connectivity index (χ1) is 13.0. The quantitative estimate of drug-likeness (QED) is 0.494. The van der Waals surface area contributed by atoms with E-state index in [2.05, 4.69) is 35.5 Å². The minimum absolute atomic E-state index is 0.212. The SMILES string of the molecule is C#CC(O)C#CCC(CC#CC#Cc1ccccc1)(C(=O)OC)C(=O)OC. The molecule has 27 heavy (non-hydrogen) atoms. The maximum absolute atomic E-state index is 12.3. The van der Waals surface area contributed by atoms with E-state index >= 15 is 0 Å². The molecule has 0 saturated carbocycles. The van der Waals surface area contributed by atoms with Crippen LogP contribution in [0.3, 0.4) is 0 Å². The number of esters is 2. The van der Waals surface area contributed by atoms with Crippen molar-refractivity contribution in [2.75, 3.05) is 14.2 Å². The summed E-state index contributed by atoms with van der Waals surface area (Å²) < 4.78 is 9.47. The standard InChI is InChI=1S/C22H18O5/c1-4-19(23)15-11-17-22(20(24)26-2,21(25)27-3)16-10-6-9-14-18-12-7-5-8-13-18/h1,5,7-8,12-13,19,23H,16-17H2,2-3H3. The highest BCUT2D eigenvalue weighted by atomic mass is 16.5. The number of hydrogen-bond donors (Lipinski definition) is 1. The van der Waals surface area contributed by atoms with Crippen LogP contribution < -0.4 is 0 Å². The fourth-order valence-electron chi connectivity index (χ4n) is 2.03. The molecule has 0 spiro atoms. The molecule has 0 amide bonds. The number of ether oxygens (including phenoxy) is 2. The Balaban J connectivity index is 3.10. The monoisotopic (exact) mass is 362 g/mol. The highest BCUT2D eigenvalue weighted by Crippen LogP contribution is 2.29. The molecule has 0 bridgehead atoms. The molecule has 0 aliphatic heterocycles. The Morgan fingerprint density at radius 2 is 1.67 bits per heavy atom. The lowest BCUT2D eigenvalue weighted by molar-refractivity contribution is -0.168. The van der Waals surface area contributed by atoms with Gasteiger partial charge in [0.15, 0.2) is 11.5 Å². The molecule has 0 radical (unpaired) electrons. The van der Waals surface area contributed by atoms with Crippen LogP contribution in [0.2, 0.25) is 0 Å². The second kappa shape index (κ2) is 11.1. The van der Waals surface area contributed by atoms with Crippen LogP contribution in [0.25, 0.3) is 0 Å². The average molecular weight is 362 g/mol. The fourth-order valence-corrected chi connectivity index (χ4v) is 2.03. The molecule has 136 valence electrons. The summed E-state index contributed by atoms with van der Waals surface area (Å²) in [5.74, 6) is 16.0. The molecule has 0 aliphatic rings. The van der Waals surface area contributed by atoms with E-state index in [1.165, 1.54) is 0 Å². The van der Waals surface area contributed by atoms with E-state index in [-0.39, 0.29) is 12.8 Å². The normalized spacial score (nSPS) is 10.3. The van der Waals surface area contributed by atoms with Gasteiger partial charge in [-0.2, -0.15) is 0 Å². The van der Waals surface area contributed by atoms with E-state index in [1.54, 1.807) is 0 Å². The molecule has 1 N–H and O–H groups in total. The summed E-state index contributed by atoms with van der Waals surface area (Å²) in [5, 5.41) is 9.31. The highest BCUT2D eigenvalue weighted by molar-refractivity contribution is 6.00. The third kappa shape index (κ3) is 6.30. The van der Waals surface area contributed by atoms with Gasteiger partial charge in [0.05, 0.1) is 14.2 Å². The van der Waals surface area contributed by atoms with Gasteiger partial charge >= 0.3 is 11.9 Å². The number of benzene rings is 1. The number of rotatable bonds is 4. The van der Waals surface area contributed by atoms with Crippen molar-refractivity contribution in [3.8, 4) is 47.9 Å². The number of aliphatic hydroxyl groups is 1. The van der Waals surface area contributed by atoms with Gasteiger partial charge in [0, 0.05) is 18.4 Å². The second-order valence-corrected chi connectivity index (χ2v) is 5.23. The van der Waals surface area contributed by atoms with E-state index in [0.717, 1.165) is 19.8 Å². The van der Waals surface area contributed by atoms with Crippen molar-refractivity contribution in [3.63, 3.8) is 0 Å². The lowest BCUT2D eigenvalue weighted by Gasteiger charge is -2.23. The smallest absolute Gasteiger partial charge is 0.325 e. The number of carbonyl (C=O) groups is 2. The van der Waals surface area contributed by atoms with Crippen LogP contribution in [-0.2, 0) is 19.1 Å². The van der Waals surface area contributed by atoms with Gasteiger partial charge in [-0.25, -0.2) is 0 Å². The van der Waals surface area contributed by atoms with Crippen LogP contribution in [0.15, 0.2) is 30.3 Å². The van der Waals surface area contributed by atoms with Gasteiger partial charge in [0.1, 0.15) is 0 Å². The van der Waals surface area contributed by atoms with Crippen molar-refractivity contribution >= 4 is 11.9 Å². The van der Waals surface area contributed by atoms with Gasteiger partial charge in [-0.3, -0.25) is 9.59 Å². The molecule has 0 aromatic heterocycles. The Labute approximate surface area is 159 Å². The summed E-state index contributed by atoms with van der Waals surface area (Å²) in [6.45, 7) is 0. The van der Waals surface area contributed by atoms with Gasteiger partial charge < -0.3 is 14.6 Å². The summed E-state index contributed by atoms with van der Waals surface area (Å²) in [7, 11) is 2.29. The zero-order valence-electron chi connectivity index (χ0n) is 15.0. The molecule has 5 nitrogen and oxygen atoms in total. The lowest BCUT2D eigenvalue weighted by Crippen LogP contribution is -2.40. The molecular formula is C22H18O5. The molecule has 1 unspecified atom stereocenters. The van der Waals surface area contributed by atoms with Crippen LogP contribution in [0, 0.1) is 53.3 Å². The largest absolute Gasteiger partial charge is 0.468 e. The van der Waals surface area contributed by atoms with Gasteiger partial charge in [-0.15, -0.1) is 6.42 Å². The maximum Gasteiger partial charge on any atom is 0.325 e. The van der Waals surface area contributed by atoms with Gasteiger partial charge in [-0.05, 0) is 24.0 Å². The third-order valence-corrected chi connectivity index (χ3v) is 3.46. The highest BCUT2D eigenvalue weighted by Gasteiger charge is 2.47. The summed E-state index contributed by atoms with van der Waals surface area (Å²) in [6, 6.07) is 9.22. The lowest BCUT2D eigenvalue weighted by atomic mass is 9.81. The van der Waals surface area contributed by atoms with Crippen LogP contribution in [0.4, 0.5) is 0 Å². The van der Waals surface area contributed by atoms with Crippen molar-refractivity contribution in [2.45, 2.75) is 18.9 Å². The van der Waals surface area contributed by atoms with Crippen molar-refractivity contribution < 1.29 is 24.2 Å². The third-order valence-electron chi connectivity index (χ3n) is 3.46. The van der Waals surface area contributed by atoms with E-state index in [4.69, 9.17) is 15.9 Å². The maximum atomic E-state index is 12.3. The van der Waals surface area contributed by atoms with Crippen molar-refractivity contribution in [3.05, 3.63) is 35.9 Å². The molecule has 1 aromatic rings. The first-order valence-corrected chi connectivity index (χ1v) is 7.83. The molecule has 1 atom stereocenters. The topological polar surface area (TPSA) is 72.8 Å². The summed E-state index contributed by atoms with van der Waals surface area (Å²) >= 11 is 0. The molecule has 0 heterocycles. The van der Waals surface area contributed by atoms with Crippen LogP contribution >= 0.6 is 0 Å². The molecule has 5 heteroatoms. The Kier molecular flexibility index (Phi) is 8.77. The van der Waals surface area contributed by atoms with E-state index in [1.807, 2.05) is 36.3 Å². The number of hydrogen-bond acceptors (Lipinski definition) is 5. The number of aliphatic hydroxyl groups excluding tert-OH is 1. The van der Waals surface area contributed by atoms with Crippen LogP contribution in [0.1, 0.15) is 18.4 Å². The number of carbonyl (C=O) groups excluding carboxylic acids is 2. The van der Waals surface area contributed by atoms with Crippen LogP contribution in [0.5, 0.6) is 0 Å². The van der Waals surface area contributed by atoms with Gasteiger partial charge in [-0.1, -0.05) is 47.8 Å². The molecule has 0 saturated heterocycles. The first kappa shape index (κ1) is 21.4. The Bertz CT molecular complexity index is 873. The molecule has 0 fully saturated rings. The Morgan fingerprint density at radius 1 is 1.07 bits per heavy atom. The molecular weight excluding hydrogens is 344 g/mol. The summed E-state index contributed by atoms with van der Waals surface area (Å²) in [6.07, 6.45) is 3.24. The molecule has 1 aromatic carbocycles. The minimum Gasteiger partial charge on any atom is -0.468 e. The number of methoxy groups -OCH3 is 2. The summed E-state index contributed by atoms with van der Waals surface area (Å²) in [4.78, 5) is 24.5. The Hall–Kier alpha value is -3.64. The number of terminal acetylenes is 1. The van der Waals surface area contributed by atoms with Crippen molar-refractivity contribution in [1.82, 2.24) is 0 Å². The Morgan fingerprint density at radius 3 is 2.22 bits per heavy atom. The summed E-state index contributed by atoms with van der Waals surface area (Å²) in [5.41, 5.74) is -0.972. The van der Waals surface area contributed by atoms with E-state index in [0.29, 0.717) is 0 Å². The second-order valence-electron chi connectivity index (χ2n) is 5.23. The van der Waals surface area contributed by atoms with Crippen LogP contribution in [-0.4, -0.2) is 37.4 Å². The minimum atomic E-state index is -1.76. The zero-order valence-corrected chi connectivity index (χ0v) is 15.0. The molecule has 0 aliphatic carbocycles. The average Bonchev–Trinajstić information content (AvgIpc) is 2.71. The zero-order chi connectivity index (χ0) is 20.1. The van der Waals surface area contributed by atoms with E-state index < -0.39 is 23.5 Å². The predicted octanol–water partition coefficient (Wildman–Crippen LogP) is 1.15. The van der Waals surface area contributed by atoms with Crippen molar-refractivity contribution in [1.29, 1.82) is 0 Å². The molecule has 1 rings (SSSR count). The van der Waals surface area contributed by atoms with Gasteiger partial charge in [0.2, 0.25) is 0 Å². The van der Waals surface area contributed by atoms with Gasteiger partial charge in [0.25, 0.3) is 0 Å². The fraction of sp³-hybridized carbons (Fsp3) is 0.273. The van der Waals surface area contributed by atoms with Crippen molar-refractivity contribution in [2.24, 2.45) is 5.41 Å². The van der Waals surface area contributed by atoms with E-state index in [9.17, 15) is 14.7 Å².